The maximum Gasteiger partial charge on any atom is 0.340 e. The van der Waals surface area contributed by atoms with E-state index in [1.807, 2.05) is 69.2 Å². The van der Waals surface area contributed by atoms with Crippen molar-refractivity contribution in [3.05, 3.63) is 35.9 Å². The van der Waals surface area contributed by atoms with Crippen LogP contribution in [0.1, 0.15) is 24.2 Å². The molecular formula is C13H19N2O+. The van der Waals surface area contributed by atoms with E-state index in [-0.39, 0.29) is 11.9 Å². The van der Waals surface area contributed by atoms with Gasteiger partial charge in [0.2, 0.25) is 6.34 Å². The quantitative estimate of drug-likeness (QED) is 0.432. The van der Waals surface area contributed by atoms with Gasteiger partial charge in [-0.2, -0.15) is 4.90 Å². The highest BCUT2D eigenvalue weighted by Crippen LogP contribution is 2.06. The number of benzene rings is 1. The van der Waals surface area contributed by atoms with Crippen LogP contribution in [0.3, 0.4) is 0 Å². The third kappa shape index (κ3) is 3.19. The van der Waals surface area contributed by atoms with Crippen molar-refractivity contribution in [1.29, 1.82) is 0 Å². The third-order valence-corrected chi connectivity index (χ3v) is 2.17. The average molecular weight is 219 g/mol. The van der Waals surface area contributed by atoms with Crippen molar-refractivity contribution in [2.45, 2.75) is 19.9 Å². The summed E-state index contributed by atoms with van der Waals surface area (Å²) in [4.78, 5) is 13.9. The number of carbonyl (C=O) groups excluding carboxylic acids is 1. The van der Waals surface area contributed by atoms with Crippen molar-refractivity contribution in [3.63, 3.8) is 0 Å². The second-order valence-electron chi connectivity index (χ2n) is 4.25. The molecule has 0 fully saturated rings. The molecule has 3 nitrogen and oxygen atoms in total. The Labute approximate surface area is 97.0 Å². The van der Waals surface area contributed by atoms with Gasteiger partial charge in [-0.05, 0) is 26.0 Å². The second kappa shape index (κ2) is 5.45. The van der Waals surface area contributed by atoms with Crippen LogP contribution in [0.5, 0.6) is 0 Å². The number of hydrogen-bond donors (Lipinski definition) is 0. The first-order valence-corrected chi connectivity index (χ1v) is 5.41. The summed E-state index contributed by atoms with van der Waals surface area (Å²) in [5, 5.41) is 0. The van der Waals surface area contributed by atoms with Crippen LogP contribution in [-0.2, 0) is 0 Å². The van der Waals surface area contributed by atoms with E-state index in [0.717, 1.165) is 0 Å². The van der Waals surface area contributed by atoms with Crippen LogP contribution in [-0.4, -0.2) is 41.9 Å². The van der Waals surface area contributed by atoms with Crippen molar-refractivity contribution in [2.75, 3.05) is 14.1 Å². The zero-order chi connectivity index (χ0) is 12.1. The molecule has 0 saturated carbocycles. The lowest BCUT2D eigenvalue weighted by atomic mass is 10.2. The average Bonchev–Trinajstić information content (AvgIpc) is 2.25. The first kappa shape index (κ1) is 12.4. The maximum atomic E-state index is 12.2. The van der Waals surface area contributed by atoms with Gasteiger partial charge in [-0.1, -0.05) is 18.2 Å². The van der Waals surface area contributed by atoms with E-state index in [2.05, 4.69) is 0 Å². The molecule has 0 aliphatic rings. The molecule has 86 valence electrons. The minimum atomic E-state index is 0.0318. The Morgan fingerprint density at radius 1 is 1.25 bits per heavy atom. The third-order valence-electron chi connectivity index (χ3n) is 2.17. The van der Waals surface area contributed by atoms with Gasteiger partial charge in [-0.25, -0.2) is 4.79 Å². The molecule has 0 unspecified atom stereocenters. The Hall–Kier alpha value is -1.64. The minimum absolute atomic E-state index is 0.0318. The zero-order valence-electron chi connectivity index (χ0n) is 10.3. The fourth-order valence-electron chi connectivity index (χ4n) is 1.40. The number of rotatable bonds is 3. The van der Waals surface area contributed by atoms with E-state index >= 15 is 0 Å². The predicted molar refractivity (Wildman–Crippen MR) is 65.9 cm³/mol. The predicted octanol–water partition coefficient (Wildman–Crippen LogP) is 1.84. The summed E-state index contributed by atoms with van der Waals surface area (Å²) in [6.45, 7) is 4.00. The number of hydrogen-bond acceptors (Lipinski definition) is 1. The van der Waals surface area contributed by atoms with Gasteiger partial charge in [0.25, 0.3) is 0 Å². The molecule has 0 radical (unpaired) electrons. The first-order chi connectivity index (χ1) is 7.52. The standard InChI is InChI=1S/C13H19N2O/c1-11(2)15(10-14(3)4)13(16)12-8-6-5-7-9-12/h5-11H,1-4H3/q+1. The fourth-order valence-corrected chi connectivity index (χ4v) is 1.40. The van der Waals surface area contributed by atoms with Crippen LogP contribution in [0.4, 0.5) is 0 Å². The van der Waals surface area contributed by atoms with Crippen LogP contribution in [0.25, 0.3) is 0 Å². The summed E-state index contributed by atoms with van der Waals surface area (Å²) in [6.07, 6.45) is 1.82. The summed E-state index contributed by atoms with van der Waals surface area (Å²) in [6, 6.07) is 9.48. The molecule has 1 amide bonds. The SMILES string of the molecule is CC(C)N(C=[N+](C)C)C(=O)c1ccccc1. The van der Waals surface area contributed by atoms with E-state index in [1.54, 1.807) is 4.90 Å². The molecule has 1 aromatic rings. The molecule has 0 aliphatic carbocycles. The van der Waals surface area contributed by atoms with Crippen molar-refractivity contribution in [1.82, 2.24) is 4.90 Å². The lowest BCUT2D eigenvalue weighted by Gasteiger charge is -2.15. The number of carbonyl (C=O) groups is 1. The molecule has 0 saturated heterocycles. The fraction of sp³-hybridized carbons (Fsp3) is 0.385. The first-order valence-electron chi connectivity index (χ1n) is 5.41. The summed E-state index contributed by atoms with van der Waals surface area (Å²) < 4.78 is 1.88. The Kier molecular flexibility index (Phi) is 4.23. The summed E-state index contributed by atoms with van der Waals surface area (Å²) >= 11 is 0. The molecule has 0 N–H and O–H groups in total. The van der Waals surface area contributed by atoms with Crippen LogP contribution in [0.15, 0.2) is 30.3 Å². The molecule has 1 aromatic carbocycles. The molecular weight excluding hydrogens is 200 g/mol. The molecule has 0 aromatic heterocycles. The van der Waals surface area contributed by atoms with Gasteiger partial charge in [0, 0.05) is 0 Å². The molecule has 0 spiro atoms. The summed E-state index contributed by atoms with van der Waals surface area (Å²) in [5.41, 5.74) is 0.717. The normalized spacial score (nSPS) is 10.1. The van der Waals surface area contributed by atoms with E-state index in [4.69, 9.17) is 0 Å². The monoisotopic (exact) mass is 219 g/mol. The van der Waals surface area contributed by atoms with Crippen molar-refractivity contribution in [3.8, 4) is 0 Å². The minimum Gasteiger partial charge on any atom is -0.273 e. The smallest absolute Gasteiger partial charge is 0.273 e. The number of amides is 1. The lowest BCUT2D eigenvalue weighted by Crippen LogP contribution is -2.38. The van der Waals surface area contributed by atoms with E-state index in [1.165, 1.54) is 0 Å². The zero-order valence-corrected chi connectivity index (χ0v) is 10.3. The van der Waals surface area contributed by atoms with Crippen LogP contribution in [0.2, 0.25) is 0 Å². The van der Waals surface area contributed by atoms with Crippen LogP contribution in [0, 0.1) is 0 Å². The lowest BCUT2D eigenvalue weighted by molar-refractivity contribution is -0.463. The van der Waals surface area contributed by atoms with E-state index < -0.39 is 0 Å². The largest absolute Gasteiger partial charge is 0.340 e. The second-order valence-corrected chi connectivity index (χ2v) is 4.25. The molecule has 3 heteroatoms. The van der Waals surface area contributed by atoms with Gasteiger partial charge >= 0.3 is 5.91 Å². The summed E-state index contributed by atoms with van der Waals surface area (Å²) in [5.74, 6) is 0.0318. The van der Waals surface area contributed by atoms with Gasteiger partial charge in [-0.3, -0.25) is 4.58 Å². The van der Waals surface area contributed by atoms with Crippen LogP contribution >= 0.6 is 0 Å². The van der Waals surface area contributed by atoms with Gasteiger partial charge in [-0.15, -0.1) is 0 Å². The topological polar surface area (TPSA) is 23.3 Å². The highest BCUT2D eigenvalue weighted by Gasteiger charge is 2.23. The van der Waals surface area contributed by atoms with Crippen molar-refractivity contribution >= 4 is 12.2 Å². The van der Waals surface area contributed by atoms with Crippen molar-refractivity contribution in [2.24, 2.45) is 0 Å². The van der Waals surface area contributed by atoms with Crippen molar-refractivity contribution < 1.29 is 9.37 Å². The molecule has 0 aliphatic heterocycles. The Morgan fingerprint density at radius 2 is 1.81 bits per heavy atom. The highest BCUT2D eigenvalue weighted by atomic mass is 16.2. The molecule has 0 bridgehead atoms. The molecule has 0 atom stereocenters. The number of nitrogens with zero attached hydrogens (tertiary/aromatic N) is 2. The van der Waals surface area contributed by atoms with E-state index in [9.17, 15) is 4.79 Å². The maximum absolute atomic E-state index is 12.2. The highest BCUT2D eigenvalue weighted by molar-refractivity contribution is 6.00. The van der Waals surface area contributed by atoms with Gasteiger partial charge < -0.3 is 0 Å². The van der Waals surface area contributed by atoms with Gasteiger partial charge in [0.05, 0.1) is 25.7 Å². The molecule has 1 rings (SSSR count). The van der Waals surface area contributed by atoms with Gasteiger partial charge in [0.1, 0.15) is 0 Å². The molecule has 16 heavy (non-hydrogen) atoms. The Bertz CT molecular complexity index is 378. The molecule has 0 heterocycles. The van der Waals surface area contributed by atoms with Gasteiger partial charge in [0.15, 0.2) is 0 Å². The Balaban J connectivity index is 2.97. The van der Waals surface area contributed by atoms with E-state index in [0.29, 0.717) is 5.56 Å². The Morgan fingerprint density at radius 3 is 2.25 bits per heavy atom. The van der Waals surface area contributed by atoms with Crippen LogP contribution < -0.4 is 0 Å². The summed E-state index contributed by atoms with van der Waals surface area (Å²) in [7, 11) is 3.82.